The molecule has 1 amide bonds. The summed E-state index contributed by atoms with van der Waals surface area (Å²) in [6, 6.07) is 9.11. The summed E-state index contributed by atoms with van der Waals surface area (Å²) in [5, 5.41) is 6.81. The lowest BCUT2D eigenvalue weighted by Crippen LogP contribution is -2.11. The van der Waals surface area contributed by atoms with Gasteiger partial charge in [0.2, 0.25) is 11.7 Å². The first-order chi connectivity index (χ1) is 10.5. The normalized spacial score (nSPS) is 10.7. The molecular weight excluding hydrogens is 366 g/mol. The summed E-state index contributed by atoms with van der Waals surface area (Å²) in [7, 11) is 0. The Morgan fingerprint density at radius 3 is 2.82 bits per heavy atom. The fraction of sp³-hybridized carbons (Fsp3) is 0.133. The molecule has 0 radical (unpaired) electrons. The van der Waals surface area contributed by atoms with E-state index >= 15 is 0 Å². The molecule has 3 rings (SSSR count). The van der Waals surface area contributed by atoms with E-state index in [9.17, 15) is 4.79 Å². The average Bonchev–Trinajstić information content (AvgIpc) is 3.06. The van der Waals surface area contributed by atoms with E-state index in [0.717, 1.165) is 19.9 Å². The van der Waals surface area contributed by atoms with E-state index in [1.807, 2.05) is 25.1 Å². The maximum atomic E-state index is 12.3. The monoisotopic (exact) mass is 377 g/mol. The van der Waals surface area contributed by atoms with Crippen molar-refractivity contribution in [3.63, 3.8) is 0 Å². The number of nitrogens with zero attached hydrogens (tertiary/aromatic N) is 2. The number of benzene rings is 1. The molecule has 0 saturated heterocycles. The van der Waals surface area contributed by atoms with Crippen LogP contribution in [0.4, 0.5) is 5.69 Å². The van der Waals surface area contributed by atoms with Crippen LogP contribution in [0, 0.1) is 13.8 Å². The first-order valence-electron chi connectivity index (χ1n) is 6.51. The Hall–Kier alpha value is -1.99. The predicted octanol–water partition coefficient (Wildman–Crippen LogP) is 4.43. The minimum atomic E-state index is -0.155. The van der Waals surface area contributed by atoms with Crippen LogP contribution in [-0.4, -0.2) is 16.0 Å². The van der Waals surface area contributed by atoms with E-state index in [1.165, 1.54) is 11.3 Å². The largest absolute Gasteiger partial charge is 0.339 e. The van der Waals surface area contributed by atoms with Gasteiger partial charge in [-0.2, -0.15) is 4.98 Å². The van der Waals surface area contributed by atoms with Gasteiger partial charge >= 0.3 is 0 Å². The van der Waals surface area contributed by atoms with Crippen LogP contribution < -0.4 is 5.32 Å². The Morgan fingerprint density at radius 2 is 2.14 bits per heavy atom. The summed E-state index contributed by atoms with van der Waals surface area (Å²) >= 11 is 4.87. The lowest BCUT2D eigenvalue weighted by atomic mass is 10.2. The fourth-order valence-electron chi connectivity index (χ4n) is 1.94. The highest BCUT2D eigenvalue weighted by molar-refractivity contribution is 9.10. The smallest absolute Gasteiger partial charge is 0.255 e. The van der Waals surface area contributed by atoms with Gasteiger partial charge in [-0.1, -0.05) is 27.2 Å². The second kappa shape index (κ2) is 6.02. The third kappa shape index (κ3) is 3.10. The van der Waals surface area contributed by atoms with Gasteiger partial charge in [-0.25, -0.2) is 0 Å². The molecule has 3 aromatic rings. The maximum absolute atomic E-state index is 12.3. The molecule has 0 spiro atoms. The van der Waals surface area contributed by atoms with E-state index in [-0.39, 0.29) is 5.91 Å². The van der Waals surface area contributed by atoms with Crippen molar-refractivity contribution in [2.75, 3.05) is 5.32 Å². The van der Waals surface area contributed by atoms with Crippen LogP contribution in [0.25, 0.3) is 10.7 Å². The third-order valence-corrected chi connectivity index (χ3v) is 4.54. The van der Waals surface area contributed by atoms with Gasteiger partial charge < -0.3 is 9.84 Å². The van der Waals surface area contributed by atoms with Crippen molar-refractivity contribution >= 4 is 38.9 Å². The van der Waals surface area contributed by atoms with Crippen LogP contribution in [0.5, 0.6) is 0 Å². The molecule has 0 unspecified atom stereocenters. The molecule has 2 heterocycles. The van der Waals surface area contributed by atoms with Gasteiger partial charge in [0.05, 0.1) is 10.6 Å². The Morgan fingerprint density at radius 1 is 1.32 bits per heavy atom. The lowest BCUT2D eigenvalue weighted by Gasteiger charge is -2.04. The predicted molar refractivity (Wildman–Crippen MR) is 89.2 cm³/mol. The van der Waals surface area contributed by atoms with Crippen molar-refractivity contribution in [3.05, 3.63) is 51.1 Å². The van der Waals surface area contributed by atoms with Crippen LogP contribution in [0.1, 0.15) is 21.1 Å². The fourth-order valence-corrected chi connectivity index (χ4v) is 3.24. The number of amides is 1. The quantitative estimate of drug-likeness (QED) is 0.732. The molecular formula is C15H12BrN3O2S. The van der Waals surface area contributed by atoms with Crippen LogP contribution in [0.3, 0.4) is 0 Å². The Labute approximate surface area is 139 Å². The number of aryl methyl sites for hydroxylation is 2. The van der Waals surface area contributed by atoms with Crippen molar-refractivity contribution in [2.24, 2.45) is 0 Å². The molecule has 0 atom stereocenters. The molecule has 0 aliphatic rings. The second-order valence-corrected chi connectivity index (χ2v) is 6.85. The van der Waals surface area contributed by atoms with Gasteiger partial charge in [0.25, 0.3) is 5.91 Å². The maximum Gasteiger partial charge on any atom is 0.255 e. The van der Waals surface area contributed by atoms with Gasteiger partial charge in [-0.15, -0.1) is 11.3 Å². The van der Waals surface area contributed by atoms with E-state index in [2.05, 4.69) is 31.4 Å². The molecule has 0 bridgehead atoms. The van der Waals surface area contributed by atoms with Gasteiger partial charge in [0, 0.05) is 21.8 Å². The van der Waals surface area contributed by atoms with E-state index < -0.39 is 0 Å². The van der Waals surface area contributed by atoms with Crippen molar-refractivity contribution in [1.82, 2.24) is 10.1 Å². The van der Waals surface area contributed by atoms with Crippen molar-refractivity contribution in [1.29, 1.82) is 0 Å². The van der Waals surface area contributed by atoms with Gasteiger partial charge in [0.1, 0.15) is 0 Å². The molecule has 112 valence electrons. The van der Waals surface area contributed by atoms with Gasteiger partial charge in [-0.3, -0.25) is 4.79 Å². The SMILES string of the molecule is Cc1nc(-c2cc(NC(=O)c3cccc(Br)c3)c(C)s2)no1. The van der Waals surface area contributed by atoms with E-state index in [0.29, 0.717) is 17.3 Å². The number of anilines is 1. The number of carbonyl (C=O) groups excluding carboxylic acids is 1. The van der Waals surface area contributed by atoms with E-state index in [1.54, 1.807) is 19.1 Å². The highest BCUT2D eigenvalue weighted by Crippen LogP contribution is 2.33. The molecule has 1 N–H and O–H groups in total. The third-order valence-electron chi connectivity index (χ3n) is 3.00. The average molecular weight is 378 g/mol. The number of halogens is 1. The topological polar surface area (TPSA) is 68.0 Å². The first kappa shape index (κ1) is 14.9. The number of hydrogen-bond acceptors (Lipinski definition) is 5. The van der Waals surface area contributed by atoms with E-state index in [4.69, 9.17) is 4.52 Å². The molecule has 0 saturated carbocycles. The number of aromatic nitrogens is 2. The number of rotatable bonds is 3. The van der Waals surface area contributed by atoms with Crippen LogP contribution >= 0.6 is 27.3 Å². The minimum absolute atomic E-state index is 0.155. The molecule has 0 aliphatic carbocycles. The summed E-state index contributed by atoms with van der Waals surface area (Å²) in [6.07, 6.45) is 0. The molecule has 5 nitrogen and oxygen atoms in total. The van der Waals surface area contributed by atoms with Crippen LogP contribution in [0.15, 0.2) is 39.3 Å². The first-order valence-corrected chi connectivity index (χ1v) is 8.12. The zero-order valence-electron chi connectivity index (χ0n) is 11.9. The highest BCUT2D eigenvalue weighted by Gasteiger charge is 2.14. The van der Waals surface area contributed by atoms with Crippen LogP contribution in [-0.2, 0) is 0 Å². The molecule has 2 aromatic heterocycles. The van der Waals surface area contributed by atoms with Gasteiger partial charge in [0.15, 0.2) is 0 Å². The number of hydrogen-bond donors (Lipinski definition) is 1. The number of nitrogens with one attached hydrogen (secondary N) is 1. The number of carbonyl (C=O) groups is 1. The summed E-state index contributed by atoms with van der Waals surface area (Å²) in [6.45, 7) is 3.69. The van der Waals surface area contributed by atoms with Crippen molar-refractivity contribution in [2.45, 2.75) is 13.8 Å². The highest BCUT2D eigenvalue weighted by atomic mass is 79.9. The Kier molecular flexibility index (Phi) is 4.08. The lowest BCUT2D eigenvalue weighted by molar-refractivity contribution is 0.102. The number of thiophene rings is 1. The second-order valence-electron chi connectivity index (χ2n) is 4.68. The molecule has 1 aromatic carbocycles. The molecule has 7 heteroatoms. The zero-order valence-corrected chi connectivity index (χ0v) is 14.3. The summed E-state index contributed by atoms with van der Waals surface area (Å²) < 4.78 is 5.85. The van der Waals surface area contributed by atoms with Crippen LogP contribution in [0.2, 0.25) is 0 Å². The molecule has 0 fully saturated rings. The van der Waals surface area contributed by atoms with Crippen molar-refractivity contribution < 1.29 is 9.32 Å². The minimum Gasteiger partial charge on any atom is -0.339 e. The Bertz CT molecular complexity index is 841. The zero-order chi connectivity index (χ0) is 15.7. The summed E-state index contributed by atoms with van der Waals surface area (Å²) in [4.78, 5) is 18.3. The summed E-state index contributed by atoms with van der Waals surface area (Å²) in [5.41, 5.74) is 1.35. The molecule has 0 aliphatic heterocycles. The summed E-state index contributed by atoms with van der Waals surface area (Å²) in [5.74, 6) is 0.896. The molecule has 22 heavy (non-hydrogen) atoms. The standard InChI is InChI=1S/C15H12BrN3O2S/c1-8-12(7-13(22-8)14-17-9(2)21-19-14)18-15(20)10-4-3-5-11(16)6-10/h3-7H,1-2H3,(H,18,20). The van der Waals surface area contributed by atoms with Gasteiger partial charge in [-0.05, 0) is 31.2 Å². The van der Waals surface area contributed by atoms with Crippen molar-refractivity contribution in [3.8, 4) is 10.7 Å². The Balaban J connectivity index is 1.84.